The largest absolute Gasteiger partial charge is 0.481 e. The summed E-state index contributed by atoms with van der Waals surface area (Å²) in [5.74, 6) is -1.76. The SMILES string of the molecule is C[C@]12CC[C@H]3[C@@H](CC[C@]4(O)C[C@H](O)CC[C@]34C(=O)O)[C@@H]1CC[C@@H]2C(=O)O. The van der Waals surface area contributed by atoms with E-state index in [1.165, 1.54) is 0 Å². The van der Waals surface area contributed by atoms with Gasteiger partial charge in [0.15, 0.2) is 0 Å². The van der Waals surface area contributed by atoms with Crippen molar-refractivity contribution in [3.63, 3.8) is 0 Å². The molecule has 146 valence electrons. The summed E-state index contributed by atoms with van der Waals surface area (Å²) in [7, 11) is 0. The second-order valence-electron chi connectivity index (χ2n) is 9.63. The molecule has 0 unspecified atom stereocenters. The predicted molar refractivity (Wildman–Crippen MR) is 92.3 cm³/mol. The van der Waals surface area contributed by atoms with Crippen LogP contribution in [0.1, 0.15) is 64.7 Å². The fourth-order valence-corrected chi connectivity index (χ4v) is 7.73. The zero-order chi connectivity index (χ0) is 18.9. The van der Waals surface area contributed by atoms with Crippen molar-refractivity contribution in [3.05, 3.63) is 0 Å². The second kappa shape index (κ2) is 5.68. The first-order valence-electron chi connectivity index (χ1n) is 10.0. The average molecular weight is 366 g/mol. The molecule has 26 heavy (non-hydrogen) atoms. The fraction of sp³-hybridized carbons (Fsp3) is 0.900. The molecule has 0 spiro atoms. The number of carboxylic acids is 2. The highest BCUT2D eigenvalue weighted by molar-refractivity contribution is 5.78. The third kappa shape index (κ3) is 2.12. The van der Waals surface area contributed by atoms with Gasteiger partial charge >= 0.3 is 11.9 Å². The Morgan fingerprint density at radius 2 is 1.65 bits per heavy atom. The van der Waals surface area contributed by atoms with Crippen molar-refractivity contribution in [1.29, 1.82) is 0 Å². The van der Waals surface area contributed by atoms with E-state index in [4.69, 9.17) is 0 Å². The number of aliphatic hydroxyl groups excluding tert-OH is 1. The van der Waals surface area contributed by atoms with Crippen LogP contribution < -0.4 is 0 Å². The first kappa shape index (κ1) is 18.2. The number of fused-ring (bicyclic) bond motifs is 5. The number of hydrogen-bond donors (Lipinski definition) is 4. The number of aliphatic carboxylic acids is 2. The highest BCUT2D eigenvalue weighted by atomic mass is 16.4. The maximum absolute atomic E-state index is 12.5. The van der Waals surface area contributed by atoms with E-state index >= 15 is 0 Å². The van der Waals surface area contributed by atoms with Crippen molar-refractivity contribution in [2.45, 2.75) is 76.4 Å². The standard InChI is InChI=1S/C20H30O6/c1-18-7-6-14-12(13(18)2-3-15(18)16(22)23)5-8-19(26)10-11(21)4-9-20(14,19)17(24)25/h11-15,21,26H,2-10H2,1H3,(H,22,23)(H,24,25)/t11-,12+,13+,14+,15-,18+,19+,20-/m1/s1. The maximum Gasteiger partial charge on any atom is 0.312 e. The zero-order valence-corrected chi connectivity index (χ0v) is 15.4. The molecular formula is C20H30O6. The van der Waals surface area contributed by atoms with Crippen molar-refractivity contribution in [2.24, 2.45) is 34.5 Å². The monoisotopic (exact) mass is 366 g/mol. The highest BCUT2D eigenvalue weighted by Crippen LogP contribution is 2.68. The van der Waals surface area contributed by atoms with Crippen molar-refractivity contribution in [2.75, 3.05) is 0 Å². The summed E-state index contributed by atoms with van der Waals surface area (Å²) < 4.78 is 0. The van der Waals surface area contributed by atoms with E-state index in [-0.39, 0.29) is 35.5 Å². The Hall–Kier alpha value is -1.14. The lowest BCUT2D eigenvalue weighted by molar-refractivity contribution is -0.235. The number of carbonyl (C=O) groups is 2. The van der Waals surface area contributed by atoms with Gasteiger partial charge in [-0.25, -0.2) is 0 Å². The van der Waals surface area contributed by atoms with E-state index in [2.05, 4.69) is 6.92 Å². The van der Waals surface area contributed by atoms with Crippen LogP contribution in [0, 0.1) is 34.5 Å². The minimum atomic E-state index is -1.35. The molecule has 0 aliphatic heterocycles. The van der Waals surface area contributed by atoms with E-state index in [0.29, 0.717) is 38.5 Å². The summed E-state index contributed by atoms with van der Waals surface area (Å²) in [5.41, 5.74) is -2.82. The summed E-state index contributed by atoms with van der Waals surface area (Å²) >= 11 is 0. The third-order valence-electron chi connectivity index (χ3n) is 8.92. The minimum absolute atomic E-state index is 0.128. The zero-order valence-electron chi connectivity index (χ0n) is 15.4. The third-order valence-corrected chi connectivity index (χ3v) is 8.92. The van der Waals surface area contributed by atoms with Crippen LogP contribution in [0.4, 0.5) is 0 Å². The highest BCUT2D eigenvalue weighted by Gasteiger charge is 2.69. The minimum Gasteiger partial charge on any atom is -0.481 e. The Kier molecular flexibility index (Phi) is 3.98. The molecule has 4 N–H and O–H groups in total. The van der Waals surface area contributed by atoms with Crippen molar-refractivity contribution >= 4 is 11.9 Å². The Morgan fingerprint density at radius 3 is 2.31 bits per heavy atom. The van der Waals surface area contributed by atoms with Gasteiger partial charge in [0.2, 0.25) is 0 Å². The van der Waals surface area contributed by atoms with Crippen LogP contribution in [0.2, 0.25) is 0 Å². The van der Waals surface area contributed by atoms with Crippen molar-refractivity contribution < 1.29 is 30.0 Å². The lowest BCUT2D eigenvalue weighted by Gasteiger charge is -2.62. The summed E-state index contributed by atoms with van der Waals surface area (Å²) in [6.45, 7) is 2.08. The van der Waals surface area contributed by atoms with Gasteiger partial charge in [-0.2, -0.15) is 0 Å². The number of rotatable bonds is 2. The first-order valence-corrected chi connectivity index (χ1v) is 10.0. The van der Waals surface area contributed by atoms with Crippen LogP contribution in [0.25, 0.3) is 0 Å². The van der Waals surface area contributed by atoms with E-state index in [9.17, 15) is 30.0 Å². The Labute approximate surface area is 153 Å². The average Bonchev–Trinajstić information content (AvgIpc) is 2.91. The smallest absolute Gasteiger partial charge is 0.312 e. The molecule has 6 heteroatoms. The molecule has 0 aromatic rings. The molecule has 4 aliphatic rings. The molecule has 0 saturated heterocycles. The van der Waals surface area contributed by atoms with Gasteiger partial charge in [-0.15, -0.1) is 0 Å². The van der Waals surface area contributed by atoms with Crippen LogP contribution in [0.3, 0.4) is 0 Å². The van der Waals surface area contributed by atoms with Crippen LogP contribution in [0.15, 0.2) is 0 Å². The van der Waals surface area contributed by atoms with Gasteiger partial charge in [-0.1, -0.05) is 6.92 Å². The molecular weight excluding hydrogens is 336 g/mol. The summed E-state index contributed by atoms with van der Waals surface area (Å²) in [4.78, 5) is 24.2. The van der Waals surface area contributed by atoms with Gasteiger partial charge < -0.3 is 20.4 Å². The molecule has 0 radical (unpaired) electrons. The van der Waals surface area contributed by atoms with Gasteiger partial charge in [-0.3, -0.25) is 9.59 Å². The van der Waals surface area contributed by atoms with E-state index in [0.717, 1.165) is 12.8 Å². The maximum atomic E-state index is 12.5. The van der Waals surface area contributed by atoms with E-state index in [1.54, 1.807) is 0 Å². The molecule has 6 nitrogen and oxygen atoms in total. The number of hydrogen-bond acceptors (Lipinski definition) is 4. The van der Waals surface area contributed by atoms with Gasteiger partial charge in [0.1, 0.15) is 0 Å². The molecule has 0 aromatic carbocycles. The topological polar surface area (TPSA) is 115 Å². The fourth-order valence-electron chi connectivity index (χ4n) is 7.73. The normalized spacial score (nSPS) is 53.3. The van der Waals surface area contributed by atoms with Gasteiger partial charge in [0.25, 0.3) is 0 Å². The summed E-state index contributed by atoms with van der Waals surface area (Å²) in [6.07, 6.45) is 4.23. The summed E-state index contributed by atoms with van der Waals surface area (Å²) in [6, 6.07) is 0. The van der Waals surface area contributed by atoms with Crippen molar-refractivity contribution in [3.8, 4) is 0 Å². The second-order valence-corrected chi connectivity index (χ2v) is 9.63. The van der Waals surface area contributed by atoms with E-state index < -0.39 is 29.1 Å². The van der Waals surface area contributed by atoms with E-state index in [1.807, 2.05) is 0 Å². The molecule has 4 fully saturated rings. The molecule has 0 amide bonds. The lowest BCUT2D eigenvalue weighted by Crippen LogP contribution is -2.67. The van der Waals surface area contributed by atoms with Crippen LogP contribution in [-0.2, 0) is 9.59 Å². The lowest BCUT2D eigenvalue weighted by atomic mass is 9.42. The molecule has 4 rings (SSSR count). The molecule has 8 atom stereocenters. The first-order chi connectivity index (χ1) is 12.2. The van der Waals surface area contributed by atoms with Crippen LogP contribution in [-0.4, -0.2) is 44.1 Å². The summed E-state index contributed by atoms with van der Waals surface area (Å²) in [5, 5.41) is 41.3. The predicted octanol–water partition coefficient (Wildman–Crippen LogP) is 2.27. The molecule has 0 heterocycles. The Morgan fingerprint density at radius 1 is 0.923 bits per heavy atom. The molecule has 4 aliphatic carbocycles. The van der Waals surface area contributed by atoms with Gasteiger partial charge in [-0.05, 0) is 74.5 Å². The molecule has 0 aromatic heterocycles. The van der Waals surface area contributed by atoms with Gasteiger partial charge in [0, 0.05) is 6.42 Å². The number of aliphatic hydroxyl groups is 2. The Balaban J connectivity index is 1.73. The Bertz CT molecular complexity index is 634. The molecule has 0 bridgehead atoms. The van der Waals surface area contributed by atoms with Crippen molar-refractivity contribution in [1.82, 2.24) is 0 Å². The van der Waals surface area contributed by atoms with Gasteiger partial charge in [0.05, 0.1) is 23.0 Å². The quantitative estimate of drug-likeness (QED) is 0.596. The molecule has 4 saturated carbocycles. The number of carboxylic acid groups (broad SMARTS) is 2. The van der Waals surface area contributed by atoms with Crippen LogP contribution in [0.5, 0.6) is 0 Å². The van der Waals surface area contributed by atoms with Crippen LogP contribution >= 0.6 is 0 Å².